The quantitative estimate of drug-likeness (QED) is 0.0484. The van der Waals surface area contributed by atoms with Gasteiger partial charge in [-0.2, -0.15) is 0 Å². The van der Waals surface area contributed by atoms with Crippen LogP contribution in [-0.2, 0) is 20.9 Å². The molecule has 0 radical (unpaired) electrons. The number of carbonyl (C=O) groups excluding carboxylic acids is 2. The summed E-state index contributed by atoms with van der Waals surface area (Å²) < 4.78 is 11.6. The Kier molecular flexibility index (Phi) is 34.5. The minimum absolute atomic E-state index is 0.0317. The molecule has 1 heterocycles. The third-order valence-electron chi connectivity index (χ3n) is 12.8. The summed E-state index contributed by atoms with van der Waals surface area (Å²) in [5, 5.41) is 34.9. The largest absolute Gasteiger partial charge is 0.445 e. The molecule has 1 aromatic carbocycles. The van der Waals surface area contributed by atoms with Crippen molar-refractivity contribution in [2.75, 3.05) is 13.2 Å². The van der Waals surface area contributed by atoms with Gasteiger partial charge < -0.3 is 35.0 Å². The van der Waals surface area contributed by atoms with Gasteiger partial charge in [0.15, 0.2) is 6.23 Å². The van der Waals surface area contributed by atoms with Crippen molar-refractivity contribution >= 4 is 12.0 Å². The minimum Gasteiger partial charge on any atom is -0.445 e. The van der Waals surface area contributed by atoms with Crippen LogP contribution in [0, 0.1) is 0 Å². The maximum absolute atomic E-state index is 14.0. The van der Waals surface area contributed by atoms with Crippen molar-refractivity contribution in [2.45, 2.75) is 269 Å². The summed E-state index contributed by atoms with van der Waals surface area (Å²) in [6.45, 7) is 4.45. The lowest BCUT2D eigenvalue weighted by Gasteiger charge is -2.46. The molecule has 4 N–H and O–H groups in total. The average molecular weight is 859 g/mol. The van der Waals surface area contributed by atoms with E-state index in [0.717, 1.165) is 44.1 Å². The van der Waals surface area contributed by atoms with Gasteiger partial charge in [-0.1, -0.05) is 243 Å². The molecule has 5 atom stereocenters. The van der Waals surface area contributed by atoms with Crippen molar-refractivity contribution in [2.24, 2.45) is 0 Å². The number of rotatable bonds is 40. The molecule has 1 aromatic rings. The second kappa shape index (κ2) is 38.3. The van der Waals surface area contributed by atoms with E-state index in [1.165, 1.54) is 173 Å². The van der Waals surface area contributed by atoms with Crippen LogP contribution < -0.4 is 5.32 Å². The Morgan fingerprint density at radius 3 is 1.38 bits per heavy atom. The van der Waals surface area contributed by atoms with E-state index in [0.29, 0.717) is 13.0 Å². The molecule has 354 valence electrons. The Morgan fingerprint density at radius 2 is 0.967 bits per heavy atom. The molecule has 1 aliphatic rings. The van der Waals surface area contributed by atoms with Gasteiger partial charge in [0.2, 0.25) is 5.91 Å². The van der Waals surface area contributed by atoms with E-state index in [4.69, 9.17) is 9.47 Å². The summed E-state index contributed by atoms with van der Waals surface area (Å²) in [6.07, 6.45) is 36.1. The molecule has 2 amide bonds. The number of ether oxygens (including phenoxy) is 2. The van der Waals surface area contributed by atoms with Gasteiger partial charge in [-0.3, -0.25) is 4.79 Å². The first kappa shape index (κ1) is 54.9. The highest BCUT2D eigenvalue weighted by molar-refractivity contribution is 5.76. The van der Waals surface area contributed by atoms with Crippen LogP contribution in [0.25, 0.3) is 0 Å². The number of amides is 2. The fourth-order valence-corrected chi connectivity index (χ4v) is 8.79. The van der Waals surface area contributed by atoms with Crippen LogP contribution in [0.2, 0.25) is 0 Å². The van der Waals surface area contributed by atoms with Crippen LogP contribution in [0.5, 0.6) is 0 Å². The first-order valence-electron chi connectivity index (χ1n) is 25.8. The molecule has 0 bridgehead atoms. The lowest BCUT2D eigenvalue weighted by atomic mass is 9.95. The Labute approximate surface area is 373 Å². The Bertz CT molecular complexity index is 1160. The highest BCUT2D eigenvalue weighted by Crippen LogP contribution is 2.26. The zero-order valence-electron chi connectivity index (χ0n) is 39.4. The fourth-order valence-electron chi connectivity index (χ4n) is 8.79. The molecule has 61 heavy (non-hydrogen) atoms. The first-order chi connectivity index (χ1) is 29.9. The molecule has 0 aliphatic carbocycles. The summed E-state index contributed by atoms with van der Waals surface area (Å²) in [4.78, 5) is 28.7. The average Bonchev–Trinajstić information content (AvgIpc) is 3.27. The van der Waals surface area contributed by atoms with Crippen molar-refractivity contribution in [3.8, 4) is 0 Å². The number of unbranched alkanes of at least 4 members (excludes halogenated alkanes) is 31. The number of alkyl carbamates (subject to hydrolysis) is 1. The van der Waals surface area contributed by atoms with E-state index < -0.39 is 43.3 Å². The highest BCUT2D eigenvalue weighted by atomic mass is 16.6. The van der Waals surface area contributed by atoms with Crippen molar-refractivity contribution in [1.29, 1.82) is 0 Å². The molecule has 1 aliphatic heterocycles. The zero-order valence-corrected chi connectivity index (χ0v) is 39.4. The standard InChI is InChI=1S/C52H94N2O7/c1-3-5-7-9-11-13-15-17-19-21-22-24-26-28-30-32-37-41-47(56)54(42-38-33-31-29-27-25-23-20-18-16-14-12-10-8-6-4-2)51-48(50(58)49(57)46(43-55)61-51)53-52(59)60-44-45-39-35-34-36-40-45/h34-36,39-40,46,48-51,55,57-58H,3-33,37-38,41-44H2,1-2H3,(H,53,59)/t46-,48-,49-,50-,51-/m1/s1. The number of aliphatic hydroxyl groups excluding tert-OH is 3. The van der Waals surface area contributed by atoms with Crippen molar-refractivity contribution in [3.05, 3.63) is 35.9 Å². The number of carbonyl (C=O) groups is 2. The van der Waals surface area contributed by atoms with Crippen LogP contribution in [0.1, 0.15) is 238 Å². The van der Waals surface area contributed by atoms with Gasteiger partial charge in [0.1, 0.15) is 31.0 Å². The van der Waals surface area contributed by atoms with E-state index in [1.807, 2.05) is 30.3 Å². The van der Waals surface area contributed by atoms with E-state index in [1.54, 1.807) is 4.90 Å². The van der Waals surface area contributed by atoms with E-state index >= 15 is 0 Å². The van der Waals surface area contributed by atoms with E-state index in [9.17, 15) is 24.9 Å². The maximum atomic E-state index is 14.0. The zero-order chi connectivity index (χ0) is 44.0. The third-order valence-corrected chi connectivity index (χ3v) is 12.8. The number of aliphatic hydroxyl groups is 3. The van der Waals surface area contributed by atoms with E-state index in [-0.39, 0.29) is 12.5 Å². The molecule has 0 spiro atoms. The van der Waals surface area contributed by atoms with Gasteiger partial charge in [-0.15, -0.1) is 0 Å². The number of nitrogens with one attached hydrogen (secondary N) is 1. The summed E-state index contributed by atoms with van der Waals surface area (Å²) in [5.41, 5.74) is 0.810. The molecular formula is C52H94N2O7. The summed E-state index contributed by atoms with van der Waals surface area (Å²) >= 11 is 0. The molecule has 9 heteroatoms. The highest BCUT2D eigenvalue weighted by Gasteiger charge is 2.48. The van der Waals surface area contributed by atoms with Crippen molar-refractivity contribution in [1.82, 2.24) is 10.2 Å². The summed E-state index contributed by atoms with van der Waals surface area (Å²) in [6, 6.07) is 8.16. The Balaban J connectivity index is 1.82. The number of nitrogens with zero attached hydrogens (tertiary/aromatic N) is 1. The molecule has 1 fully saturated rings. The summed E-state index contributed by atoms with van der Waals surface area (Å²) in [7, 11) is 0. The minimum atomic E-state index is -1.47. The fraction of sp³-hybridized carbons (Fsp3) is 0.846. The van der Waals surface area contributed by atoms with Crippen LogP contribution in [0.4, 0.5) is 4.79 Å². The molecule has 1 saturated heterocycles. The van der Waals surface area contributed by atoms with Crippen LogP contribution in [0.15, 0.2) is 30.3 Å². The summed E-state index contributed by atoms with van der Waals surface area (Å²) in [5.74, 6) is -0.100. The lowest BCUT2D eigenvalue weighted by molar-refractivity contribution is -0.230. The predicted molar refractivity (Wildman–Crippen MR) is 251 cm³/mol. The van der Waals surface area contributed by atoms with Gasteiger partial charge in [-0.05, 0) is 18.4 Å². The van der Waals surface area contributed by atoms with Crippen LogP contribution in [0.3, 0.4) is 0 Å². The van der Waals surface area contributed by atoms with Gasteiger partial charge in [0, 0.05) is 13.0 Å². The normalized spacial score (nSPS) is 18.9. The second-order valence-electron chi connectivity index (χ2n) is 18.3. The van der Waals surface area contributed by atoms with Gasteiger partial charge in [0.05, 0.1) is 6.61 Å². The smallest absolute Gasteiger partial charge is 0.407 e. The van der Waals surface area contributed by atoms with Gasteiger partial charge in [-0.25, -0.2) is 4.79 Å². The Hall–Kier alpha value is -2.20. The lowest BCUT2D eigenvalue weighted by Crippen LogP contribution is -2.68. The monoisotopic (exact) mass is 859 g/mol. The molecule has 9 nitrogen and oxygen atoms in total. The molecular weight excluding hydrogens is 765 g/mol. The SMILES string of the molecule is CCCCCCCCCCCCCCCCCCCC(=O)N(CCCCCCCCCCCCCCCCCC)[C@@H]1O[C@H](CO)[C@@H](O)[C@H](O)[C@H]1NC(=O)OCc1ccccc1. The maximum Gasteiger partial charge on any atom is 0.407 e. The van der Waals surface area contributed by atoms with Gasteiger partial charge >= 0.3 is 6.09 Å². The Morgan fingerprint density at radius 1 is 0.574 bits per heavy atom. The predicted octanol–water partition coefficient (Wildman–Crippen LogP) is 12.9. The van der Waals surface area contributed by atoms with E-state index in [2.05, 4.69) is 19.2 Å². The third kappa shape index (κ3) is 26.9. The number of hydrogen-bond acceptors (Lipinski definition) is 7. The topological polar surface area (TPSA) is 129 Å². The molecule has 0 saturated carbocycles. The molecule has 0 unspecified atom stereocenters. The molecule has 2 rings (SSSR count). The van der Waals surface area contributed by atoms with Crippen molar-refractivity contribution < 1.29 is 34.4 Å². The van der Waals surface area contributed by atoms with Crippen molar-refractivity contribution in [3.63, 3.8) is 0 Å². The number of benzene rings is 1. The first-order valence-corrected chi connectivity index (χ1v) is 25.8. The molecule has 0 aromatic heterocycles. The number of hydrogen-bond donors (Lipinski definition) is 4. The van der Waals surface area contributed by atoms with Crippen LogP contribution >= 0.6 is 0 Å². The second-order valence-corrected chi connectivity index (χ2v) is 18.3. The van der Waals surface area contributed by atoms with Crippen LogP contribution in [-0.4, -0.2) is 76.0 Å². The van der Waals surface area contributed by atoms with Gasteiger partial charge in [0.25, 0.3) is 0 Å².